The van der Waals surface area contributed by atoms with Crippen LogP contribution in [0, 0.1) is 0 Å². The number of alkyl halides is 2. The largest absolute Gasteiger partial charge is 0.354 e. The van der Waals surface area contributed by atoms with Gasteiger partial charge in [-0.3, -0.25) is 4.79 Å². The van der Waals surface area contributed by atoms with E-state index in [0.29, 0.717) is 16.3 Å². The van der Waals surface area contributed by atoms with Crippen LogP contribution in [0.3, 0.4) is 0 Å². The molecule has 0 fully saturated rings. The molecule has 0 aliphatic carbocycles. The van der Waals surface area contributed by atoms with Crippen molar-refractivity contribution in [3.63, 3.8) is 0 Å². The Labute approximate surface area is 136 Å². The summed E-state index contributed by atoms with van der Waals surface area (Å²) in [5.74, 6) is -0.511. The van der Waals surface area contributed by atoms with Gasteiger partial charge in [-0.25, -0.2) is 8.78 Å². The number of allylic oxidation sites excluding steroid dienone is 2. The second kappa shape index (κ2) is 7.38. The number of carbonyl (C=O) groups is 1. The van der Waals surface area contributed by atoms with Crippen LogP contribution in [0.5, 0.6) is 0 Å². The van der Waals surface area contributed by atoms with Crippen molar-refractivity contribution < 1.29 is 13.6 Å². The zero-order chi connectivity index (χ0) is 16.1. The van der Waals surface area contributed by atoms with Crippen molar-refractivity contribution in [1.29, 1.82) is 0 Å². The predicted molar refractivity (Wildman–Crippen MR) is 84.9 cm³/mol. The van der Waals surface area contributed by atoms with Crippen molar-refractivity contribution in [2.24, 2.45) is 0 Å². The van der Waals surface area contributed by atoms with Gasteiger partial charge in [0.1, 0.15) is 0 Å². The number of halogens is 4. The van der Waals surface area contributed by atoms with Gasteiger partial charge in [-0.05, 0) is 18.2 Å². The average molecular weight is 342 g/mol. The highest BCUT2D eigenvalue weighted by molar-refractivity contribution is 6.42. The molecule has 2 aromatic rings. The standard InChI is InChI=1S/C16H11Cl2F2NO/c17-12-7-6-11(8-13(12)18)21-14(16(19)20)9-15(22)10-4-2-1-3-5-10/h1-9,16,21H. The zero-order valence-electron chi connectivity index (χ0n) is 11.2. The van der Waals surface area contributed by atoms with Gasteiger partial charge >= 0.3 is 0 Å². The fourth-order valence-electron chi connectivity index (χ4n) is 1.72. The van der Waals surface area contributed by atoms with E-state index >= 15 is 0 Å². The first kappa shape index (κ1) is 16.5. The van der Waals surface area contributed by atoms with E-state index < -0.39 is 17.9 Å². The van der Waals surface area contributed by atoms with Gasteiger partial charge in [-0.15, -0.1) is 0 Å². The predicted octanol–water partition coefficient (Wildman–Crippen LogP) is 5.44. The van der Waals surface area contributed by atoms with Gasteiger partial charge in [0.2, 0.25) is 0 Å². The fourth-order valence-corrected chi connectivity index (χ4v) is 2.02. The molecule has 6 heteroatoms. The summed E-state index contributed by atoms with van der Waals surface area (Å²) in [5.41, 5.74) is 0.144. The Morgan fingerprint density at radius 2 is 1.73 bits per heavy atom. The van der Waals surface area contributed by atoms with Crippen molar-refractivity contribution in [3.8, 4) is 0 Å². The lowest BCUT2D eigenvalue weighted by Gasteiger charge is -2.11. The number of nitrogens with one attached hydrogen (secondary N) is 1. The molecule has 2 aromatic carbocycles. The number of ketones is 1. The molecule has 0 radical (unpaired) electrons. The van der Waals surface area contributed by atoms with Gasteiger partial charge in [0.05, 0.1) is 15.7 Å². The molecule has 0 amide bonds. The van der Waals surface area contributed by atoms with Gasteiger partial charge < -0.3 is 5.32 Å². The molecule has 0 heterocycles. The van der Waals surface area contributed by atoms with Crippen LogP contribution in [0.4, 0.5) is 14.5 Å². The molecule has 0 aliphatic rings. The Balaban J connectivity index is 2.24. The lowest BCUT2D eigenvalue weighted by atomic mass is 10.1. The minimum absolute atomic E-state index is 0.231. The molecule has 0 spiro atoms. The second-order valence-corrected chi connectivity index (χ2v) is 5.20. The van der Waals surface area contributed by atoms with Crippen LogP contribution in [0.15, 0.2) is 60.3 Å². The number of benzene rings is 2. The highest BCUT2D eigenvalue weighted by atomic mass is 35.5. The maximum atomic E-state index is 13.1. The molecule has 0 aromatic heterocycles. The topological polar surface area (TPSA) is 29.1 Å². The molecule has 0 atom stereocenters. The van der Waals surface area contributed by atoms with E-state index in [9.17, 15) is 13.6 Å². The lowest BCUT2D eigenvalue weighted by molar-refractivity contribution is 0.104. The highest BCUT2D eigenvalue weighted by Crippen LogP contribution is 2.26. The monoisotopic (exact) mass is 341 g/mol. The fraction of sp³-hybridized carbons (Fsp3) is 0.0625. The molecule has 0 bridgehead atoms. The number of carbonyl (C=O) groups excluding carboxylic acids is 1. The molecular formula is C16H11Cl2F2NO. The van der Waals surface area contributed by atoms with Crippen LogP contribution >= 0.6 is 23.2 Å². The van der Waals surface area contributed by atoms with Gasteiger partial charge in [0, 0.05) is 17.3 Å². The van der Waals surface area contributed by atoms with Gasteiger partial charge in [0.25, 0.3) is 6.43 Å². The molecule has 2 rings (SSSR count). The average Bonchev–Trinajstić information content (AvgIpc) is 2.51. The second-order valence-electron chi connectivity index (χ2n) is 4.38. The molecule has 1 N–H and O–H groups in total. The Morgan fingerprint density at radius 3 is 2.32 bits per heavy atom. The summed E-state index contributed by atoms with van der Waals surface area (Å²) in [6.45, 7) is 0. The third-order valence-corrected chi connectivity index (χ3v) is 3.53. The van der Waals surface area contributed by atoms with Gasteiger partial charge in [-0.1, -0.05) is 53.5 Å². The first-order valence-corrected chi connectivity index (χ1v) is 7.04. The summed E-state index contributed by atoms with van der Waals surface area (Å²) in [7, 11) is 0. The van der Waals surface area contributed by atoms with Gasteiger partial charge in [0.15, 0.2) is 5.78 Å². The summed E-state index contributed by atoms with van der Waals surface area (Å²) < 4.78 is 26.2. The van der Waals surface area contributed by atoms with Crippen molar-refractivity contribution in [2.45, 2.75) is 6.43 Å². The molecule has 2 nitrogen and oxygen atoms in total. The maximum Gasteiger partial charge on any atom is 0.278 e. The molecule has 0 saturated carbocycles. The Hall–Kier alpha value is -1.91. The van der Waals surface area contributed by atoms with Crippen LogP contribution in [0.25, 0.3) is 0 Å². The van der Waals surface area contributed by atoms with Crippen LogP contribution < -0.4 is 5.32 Å². The summed E-state index contributed by atoms with van der Waals surface area (Å²) >= 11 is 11.6. The normalized spacial score (nSPS) is 11.6. The Bertz CT molecular complexity index is 703. The molecular weight excluding hydrogens is 331 g/mol. The third-order valence-electron chi connectivity index (χ3n) is 2.79. The van der Waals surface area contributed by atoms with Crippen LogP contribution in [0.2, 0.25) is 10.0 Å². The Kier molecular flexibility index (Phi) is 5.52. The van der Waals surface area contributed by atoms with Gasteiger partial charge in [-0.2, -0.15) is 0 Å². The van der Waals surface area contributed by atoms with Crippen molar-refractivity contribution in [3.05, 3.63) is 75.9 Å². The molecule has 22 heavy (non-hydrogen) atoms. The molecule has 0 unspecified atom stereocenters. The molecule has 114 valence electrons. The van der Waals surface area contributed by atoms with E-state index in [1.54, 1.807) is 30.3 Å². The maximum absolute atomic E-state index is 13.1. The van der Waals surface area contributed by atoms with E-state index in [4.69, 9.17) is 23.2 Å². The first-order valence-electron chi connectivity index (χ1n) is 6.28. The van der Waals surface area contributed by atoms with Crippen LogP contribution in [0.1, 0.15) is 10.4 Å². The number of hydrogen-bond acceptors (Lipinski definition) is 2. The molecule has 0 saturated heterocycles. The van der Waals surface area contributed by atoms with Crippen molar-refractivity contribution >= 4 is 34.7 Å². The summed E-state index contributed by atoms with van der Waals surface area (Å²) in [5, 5.41) is 3.04. The number of rotatable bonds is 5. The lowest BCUT2D eigenvalue weighted by Crippen LogP contribution is -2.11. The van der Waals surface area contributed by atoms with Crippen molar-refractivity contribution in [1.82, 2.24) is 0 Å². The van der Waals surface area contributed by atoms with E-state index in [-0.39, 0.29) is 5.02 Å². The van der Waals surface area contributed by atoms with E-state index in [2.05, 4.69) is 5.32 Å². The third kappa shape index (κ3) is 4.29. The minimum Gasteiger partial charge on any atom is -0.354 e. The number of hydrogen-bond donors (Lipinski definition) is 1. The summed E-state index contributed by atoms with van der Waals surface area (Å²) in [4.78, 5) is 12.0. The van der Waals surface area contributed by atoms with E-state index in [0.717, 1.165) is 6.08 Å². The smallest absolute Gasteiger partial charge is 0.278 e. The quantitative estimate of drug-likeness (QED) is 0.579. The SMILES string of the molecule is O=C(C=C(Nc1ccc(Cl)c(Cl)c1)C(F)F)c1ccccc1. The summed E-state index contributed by atoms with van der Waals surface area (Å²) in [6, 6.07) is 12.6. The number of anilines is 1. The first-order chi connectivity index (χ1) is 10.5. The van der Waals surface area contributed by atoms with E-state index in [1.165, 1.54) is 18.2 Å². The summed E-state index contributed by atoms with van der Waals surface area (Å²) in [6.07, 6.45) is -1.95. The minimum atomic E-state index is -2.83. The zero-order valence-corrected chi connectivity index (χ0v) is 12.7. The van der Waals surface area contributed by atoms with Crippen LogP contribution in [-0.2, 0) is 0 Å². The highest BCUT2D eigenvalue weighted by Gasteiger charge is 2.14. The molecule has 0 aliphatic heterocycles. The van der Waals surface area contributed by atoms with E-state index in [1.807, 2.05) is 0 Å². The van der Waals surface area contributed by atoms with Crippen LogP contribution in [-0.4, -0.2) is 12.2 Å². The Morgan fingerprint density at radius 1 is 1.05 bits per heavy atom. The van der Waals surface area contributed by atoms with Crippen molar-refractivity contribution in [2.75, 3.05) is 5.32 Å².